The first-order chi connectivity index (χ1) is 11.8. The van der Waals surface area contributed by atoms with Crippen molar-refractivity contribution in [3.63, 3.8) is 0 Å². The van der Waals surface area contributed by atoms with Gasteiger partial charge in [0, 0.05) is 22.8 Å². The summed E-state index contributed by atoms with van der Waals surface area (Å²) in [5.41, 5.74) is 1.97. The van der Waals surface area contributed by atoms with Crippen molar-refractivity contribution in [1.29, 1.82) is 0 Å². The van der Waals surface area contributed by atoms with Crippen LogP contribution in [0.25, 0.3) is 0 Å². The lowest BCUT2D eigenvalue weighted by Gasteiger charge is -2.11. The van der Waals surface area contributed by atoms with Crippen LogP contribution in [0.15, 0.2) is 28.7 Å². The highest BCUT2D eigenvalue weighted by Crippen LogP contribution is 2.23. The number of amides is 2. The molecule has 7 heteroatoms. The summed E-state index contributed by atoms with van der Waals surface area (Å²) in [6, 6.07) is 6.79. The van der Waals surface area contributed by atoms with Gasteiger partial charge < -0.3 is 20.2 Å². The van der Waals surface area contributed by atoms with Gasteiger partial charge in [0.05, 0.1) is 6.10 Å². The summed E-state index contributed by atoms with van der Waals surface area (Å²) in [5, 5.41) is 15.6. The second-order valence-electron chi connectivity index (χ2n) is 5.84. The molecule has 2 aromatic rings. The quantitative estimate of drug-likeness (QED) is 0.711. The van der Waals surface area contributed by atoms with Gasteiger partial charge in [0.15, 0.2) is 0 Å². The van der Waals surface area contributed by atoms with Gasteiger partial charge in [-0.1, -0.05) is 17.7 Å². The number of nitrogens with one attached hydrogen (secondary N) is 2. The molecule has 1 heterocycles. The molecule has 0 saturated heterocycles. The number of rotatable bonds is 5. The molecule has 6 nitrogen and oxygen atoms in total. The van der Waals surface area contributed by atoms with E-state index < -0.39 is 17.9 Å². The molecule has 0 saturated carbocycles. The number of aryl methyl sites for hydroxylation is 3. The molecule has 1 unspecified atom stereocenters. The van der Waals surface area contributed by atoms with E-state index in [4.69, 9.17) is 16.0 Å². The van der Waals surface area contributed by atoms with Crippen LogP contribution in [0.3, 0.4) is 0 Å². The fourth-order valence-electron chi connectivity index (χ4n) is 2.45. The lowest BCUT2D eigenvalue weighted by molar-refractivity contribution is -0.136. The van der Waals surface area contributed by atoms with Gasteiger partial charge >= 0.3 is 11.8 Å². The molecule has 3 N–H and O–H groups in total. The van der Waals surface area contributed by atoms with Crippen molar-refractivity contribution in [2.24, 2.45) is 0 Å². The normalized spacial score (nSPS) is 11.9. The fraction of sp³-hybridized carbons (Fsp3) is 0.333. The van der Waals surface area contributed by atoms with Gasteiger partial charge in [0.2, 0.25) is 0 Å². The predicted molar refractivity (Wildman–Crippen MR) is 95.6 cm³/mol. The Hall–Kier alpha value is -2.31. The summed E-state index contributed by atoms with van der Waals surface area (Å²) < 4.78 is 5.37. The Kier molecular flexibility index (Phi) is 6.22. The zero-order valence-electron chi connectivity index (χ0n) is 14.4. The van der Waals surface area contributed by atoms with Crippen molar-refractivity contribution in [3.05, 3.63) is 51.9 Å². The number of anilines is 1. The summed E-state index contributed by atoms with van der Waals surface area (Å²) in [6.07, 6.45) is -0.495. The SMILES string of the molecule is Cc1cc(C(O)CCNC(=O)C(=O)Nc2cc(Cl)ccc2C)c(C)o1. The molecule has 2 amide bonds. The van der Waals surface area contributed by atoms with Crippen molar-refractivity contribution in [1.82, 2.24) is 5.32 Å². The van der Waals surface area contributed by atoms with E-state index in [2.05, 4.69) is 10.6 Å². The molecule has 0 aliphatic rings. The molecule has 0 aliphatic carbocycles. The van der Waals surface area contributed by atoms with Gasteiger partial charge in [0.1, 0.15) is 11.5 Å². The van der Waals surface area contributed by atoms with E-state index in [9.17, 15) is 14.7 Å². The maximum absolute atomic E-state index is 11.9. The van der Waals surface area contributed by atoms with Crippen molar-refractivity contribution < 1.29 is 19.1 Å². The van der Waals surface area contributed by atoms with Gasteiger partial charge in [0.25, 0.3) is 0 Å². The number of carbonyl (C=O) groups is 2. The largest absolute Gasteiger partial charge is 0.466 e. The Morgan fingerprint density at radius 1 is 1.20 bits per heavy atom. The zero-order valence-corrected chi connectivity index (χ0v) is 15.1. The minimum atomic E-state index is -0.782. The molecule has 25 heavy (non-hydrogen) atoms. The number of hydrogen-bond acceptors (Lipinski definition) is 4. The third kappa shape index (κ3) is 5.08. The summed E-state index contributed by atoms with van der Waals surface area (Å²) >= 11 is 5.88. The predicted octanol–water partition coefficient (Wildman–Crippen LogP) is 3.04. The first-order valence-electron chi connectivity index (χ1n) is 7.88. The van der Waals surface area contributed by atoms with Gasteiger partial charge in [-0.25, -0.2) is 0 Å². The van der Waals surface area contributed by atoms with Crippen LogP contribution in [0, 0.1) is 20.8 Å². The summed E-state index contributed by atoms with van der Waals surface area (Å²) in [5.74, 6) is -0.195. The van der Waals surface area contributed by atoms with E-state index in [1.807, 2.05) is 0 Å². The second kappa shape index (κ2) is 8.18. The molecule has 0 fully saturated rings. The van der Waals surface area contributed by atoms with Crippen LogP contribution in [0.5, 0.6) is 0 Å². The monoisotopic (exact) mass is 364 g/mol. The highest BCUT2D eigenvalue weighted by molar-refractivity contribution is 6.40. The summed E-state index contributed by atoms with van der Waals surface area (Å²) in [6.45, 7) is 5.53. The Morgan fingerprint density at radius 2 is 1.92 bits per heavy atom. The van der Waals surface area contributed by atoms with Crippen LogP contribution in [0.4, 0.5) is 5.69 Å². The Bertz CT molecular complexity index is 785. The van der Waals surface area contributed by atoms with Gasteiger partial charge in [-0.3, -0.25) is 9.59 Å². The average Bonchev–Trinajstić information content (AvgIpc) is 2.89. The van der Waals surface area contributed by atoms with Crippen LogP contribution >= 0.6 is 11.6 Å². The molecule has 134 valence electrons. The highest BCUT2D eigenvalue weighted by Gasteiger charge is 2.17. The zero-order chi connectivity index (χ0) is 18.6. The molecular weight excluding hydrogens is 344 g/mol. The number of aliphatic hydroxyl groups is 1. The molecule has 2 rings (SSSR count). The number of hydrogen-bond donors (Lipinski definition) is 3. The Balaban J connectivity index is 1.84. The minimum Gasteiger partial charge on any atom is -0.466 e. The molecule has 1 atom stereocenters. The number of carbonyl (C=O) groups excluding carboxylic acids is 2. The maximum Gasteiger partial charge on any atom is 0.313 e. The maximum atomic E-state index is 11.9. The Labute approximate surface area is 151 Å². The van der Waals surface area contributed by atoms with Crippen LogP contribution in [-0.4, -0.2) is 23.5 Å². The lowest BCUT2D eigenvalue weighted by atomic mass is 10.1. The number of aliphatic hydroxyl groups excluding tert-OH is 1. The smallest absolute Gasteiger partial charge is 0.313 e. The average molecular weight is 365 g/mol. The highest BCUT2D eigenvalue weighted by atomic mass is 35.5. The van der Waals surface area contributed by atoms with E-state index in [-0.39, 0.29) is 13.0 Å². The fourth-order valence-corrected chi connectivity index (χ4v) is 2.62. The third-order valence-corrected chi connectivity index (χ3v) is 4.03. The van der Waals surface area contributed by atoms with Crippen molar-refractivity contribution in [2.45, 2.75) is 33.3 Å². The van der Waals surface area contributed by atoms with Gasteiger partial charge in [-0.15, -0.1) is 0 Å². The van der Waals surface area contributed by atoms with Crippen molar-refractivity contribution in [2.75, 3.05) is 11.9 Å². The number of benzene rings is 1. The second-order valence-corrected chi connectivity index (χ2v) is 6.28. The van der Waals surface area contributed by atoms with Crippen LogP contribution < -0.4 is 10.6 Å². The first-order valence-corrected chi connectivity index (χ1v) is 8.26. The molecule has 1 aromatic heterocycles. The van der Waals surface area contributed by atoms with Gasteiger partial charge in [-0.05, 0) is 51.0 Å². The summed E-state index contributed by atoms with van der Waals surface area (Å²) in [4.78, 5) is 23.8. The van der Waals surface area contributed by atoms with Crippen molar-refractivity contribution >= 4 is 29.1 Å². The topological polar surface area (TPSA) is 91.6 Å². The lowest BCUT2D eigenvalue weighted by Crippen LogP contribution is -2.36. The van der Waals surface area contributed by atoms with E-state index in [1.165, 1.54) is 0 Å². The summed E-state index contributed by atoms with van der Waals surface area (Å²) in [7, 11) is 0. The first kappa shape index (κ1) is 19.0. The molecule has 0 radical (unpaired) electrons. The van der Waals surface area contributed by atoms with E-state index in [0.717, 1.165) is 5.56 Å². The molecule has 0 aliphatic heterocycles. The van der Waals surface area contributed by atoms with E-state index in [0.29, 0.717) is 27.8 Å². The van der Waals surface area contributed by atoms with Crippen LogP contribution in [0.2, 0.25) is 5.02 Å². The molecule has 0 spiro atoms. The Morgan fingerprint density at radius 3 is 2.56 bits per heavy atom. The van der Waals surface area contributed by atoms with Crippen LogP contribution in [0.1, 0.15) is 35.2 Å². The standard InChI is InChI=1S/C18H21ClN2O4/c1-10-4-5-13(19)9-15(10)21-18(24)17(23)20-7-6-16(22)14-8-11(2)25-12(14)3/h4-5,8-9,16,22H,6-7H2,1-3H3,(H,20,23)(H,21,24). The molecular formula is C18H21ClN2O4. The van der Waals surface area contributed by atoms with E-state index >= 15 is 0 Å². The minimum absolute atomic E-state index is 0.158. The van der Waals surface area contributed by atoms with Crippen molar-refractivity contribution in [3.8, 4) is 0 Å². The number of halogens is 1. The third-order valence-electron chi connectivity index (χ3n) is 3.80. The molecule has 0 bridgehead atoms. The molecule has 1 aromatic carbocycles. The van der Waals surface area contributed by atoms with Gasteiger partial charge in [-0.2, -0.15) is 0 Å². The van der Waals surface area contributed by atoms with Crippen LogP contribution in [-0.2, 0) is 9.59 Å². The number of furan rings is 1. The van der Waals surface area contributed by atoms with E-state index in [1.54, 1.807) is 45.0 Å².